The van der Waals surface area contributed by atoms with Crippen molar-refractivity contribution in [2.45, 2.75) is 31.6 Å². The van der Waals surface area contributed by atoms with Crippen LogP contribution in [-0.2, 0) is 14.2 Å². The van der Waals surface area contributed by atoms with Gasteiger partial charge in [0.15, 0.2) is 5.76 Å². The number of nitriles is 1. The summed E-state index contributed by atoms with van der Waals surface area (Å²) in [5.74, 6) is -0.661. The molecule has 0 aromatic carbocycles. The number of likely N-dealkylation sites (tertiary alicyclic amines) is 1. The lowest BCUT2D eigenvalue weighted by molar-refractivity contribution is -0.213. The van der Waals surface area contributed by atoms with Gasteiger partial charge in [0.05, 0.1) is 6.61 Å². The molecule has 2 atom stereocenters. The van der Waals surface area contributed by atoms with Gasteiger partial charge in [-0.15, -0.1) is 0 Å². The molecule has 1 fully saturated rings. The number of ether oxygens (including phenoxy) is 3. The zero-order chi connectivity index (χ0) is 13.2. The van der Waals surface area contributed by atoms with E-state index in [1.165, 1.54) is 7.11 Å². The lowest BCUT2D eigenvalue weighted by Crippen LogP contribution is -2.51. The molecule has 0 saturated carbocycles. The summed E-state index contributed by atoms with van der Waals surface area (Å²) in [5.41, 5.74) is 0. The largest absolute Gasteiger partial charge is 0.450 e. The van der Waals surface area contributed by atoms with Crippen LogP contribution in [0.5, 0.6) is 0 Å². The maximum absolute atomic E-state index is 11.8. The van der Waals surface area contributed by atoms with Crippen LogP contribution in [0.15, 0.2) is 11.8 Å². The van der Waals surface area contributed by atoms with Crippen molar-refractivity contribution < 1.29 is 19.0 Å². The van der Waals surface area contributed by atoms with E-state index < -0.39 is 5.79 Å². The summed E-state index contributed by atoms with van der Waals surface area (Å²) >= 11 is 0. The van der Waals surface area contributed by atoms with Crippen molar-refractivity contribution in [1.29, 1.82) is 5.26 Å². The molecule has 18 heavy (non-hydrogen) atoms. The summed E-state index contributed by atoms with van der Waals surface area (Å²) in [6.07, 6.45) is 2.39. The normalized spacial score (nSPS) is 29.9. The average Bonchev–Trinajstić information content (AvgIpc) is 2.78. The zero-order valence-electron chi connectivity index (χ0n) is 10.5. The first-order valence-electron chi connectivity index (χ1n) is 5.94. The maximum atomic E-state index is 11.8. The SMILES string of the molecule is CCOC(=O)N1CC[C@@]2(OC)OC(C#N)=CC[C@H]12. The van der Waals surface area contributed by atoms with E-state index in [-0.39, 0.29) is 17.9 Å². The van der Waals surface area contributed by atoms with Gasteiger partial charge >= 0.3 is 6.09 Å². The lowest BCUT2D eigenvalue weighted by atomic mass is 10.0. The molecule has 98 valence electrons. The first kappa shape index (κ1) is 12.7. The second kappa shape index (κ2) is 4.86. The highest BCUT2D eigenvalue weighted by atomic mass is 16.7. The van der Waals surface area contributed by atoms with E-state index in [0.29, 0.717) is 26.0 Å². The van der Waals surface area contributed by atoms with Crippen molar-refractivity contribution in [3.05, 3.63) is 11.8 Å². The summed E-state index contributed by atoms with van der Waals surface area (Å²) in [6, 6.07) is 1.73. The van der Waals surface area contributed by atoms with E-state index in [4.69, 9.17) is 19.5 Å². The summed E-state index contributed by atoms with van der Waals surface area (Å²) < 4.78 is 16.0. The zero-order valence-corrected chi connectivity index (χ0v) is 10.5. The Morgan fingerprint density at radius 1 is 1.78 bits per heavy atom. The molecule has 2 heterocycles. The molecule has 0 aliphatic carbocycles. The molecule has 1 saturated heterocycles. The topological polar surface area (TPSA) is 71.8 Å². The standard InChI is InChI=1S/C12H16N2O4/c1-3-17-11(15)14-7-6-12(16-2)10(14)5-4-9(8-13)18-12/h4,10H,3,5-7H2,1-2H3/t10-,12+/m0/s1. The average molecular weight is 252 g/mol. The minimum absolute atomic E-state index is 0.237. The van der Waals surface area contributed by atoms with Gasteiger partial charge in [-0.25, -0.2) is 4.79 Å². The molecule has 0 bridgehead atoms. The first-order chi connectivity index (χ1) is 8.66. The van der Waals surface area contributed by atoms with Crippen LogP contribution in [0, 0.1) is 11.3 Å². The molecule has 1 amide bonds. The van der Waals surface area contributed by atoms with Gasteiger partial charge in [-0.3, -0.25) is 4.90 Å². The smallest absolute Gasteiger partial charge is 0.410 e. The number of amides is 1. The number of fused-ring (bicyclic) bond motifs is 1. The van der Waals surface area contributed by atoms with Crippen LogP contribution in [0.3, 0.4) is 0 Å². The predicted octanol–water partition coefficient (Wildman–Crippen LogP) is 1.39. The van der Waals surface area contributed by atoms with Gasteiger partial charge in [0.25, 0.3) is 0 Å². The number of allylic oxidation sites excluding steroid dienone is 1. The van der Waals surface area contributed by atoms with E-state index in [1.807, 2.05) is 6.07 Å². The van der Waals surface area contributed by atoms with Crippen molar-refractivity contribution in [3.63, 3.8) is 0 Å². The van der Waals surface area contributed by atoms with E-state index >= 15 is 0 Å². The first-order valence-corrected chi connectivity index (χ1v) is 5.94. The van der Waals surface area contributed by atoms with Gasteiger partial charge in [0.1, 0.15) is 12.1 Å². The van der Waals surface area contributed by atoms with Gasteiger partial charge in [0, 0.05) is 20.1 Å². The van der Waals surface area contributed by atoms with E-state index in [9.17, 15) is 4.79 Å². The van der Waals surface area contributed by atoms with Gasteiger partial charge < -0.3 is 14.2 Å². The van der Waals surface area contributed by atoms with Crippen molar-refractivity contribution in [3.8, 4) is 6.07 Å². The van der Waals surface area contributed by atoms with E-state index in [0.717, 1.165) is 0 Å². The maximum Gasteiger partial charge on any atom is 0.410 e. The Labute approximate surface area is 106 Å². The second-order valence-electron chi connectivity index (χ2n) is 4.19. The molecular weight excluding hydrogens is 236 g/mol. The van der Waals surface area contributed by atoms with Crippen LogP contribution in [0.25, 0.3) is 0 Å². The molecule has 0 aromatic heterocycles. The molecule has 2 aliphatic heterocycles. The number of nitrogens with zero attached hydrogens (tertiary/aromatic N) is 2. The molecule has 2 aliphatic rings. The number of carbonyl (C=O) groups is 1. The Balaban J connectivity index is 2.21. The van der Waals surface area contributed by atoms with Crippen molar-refractivity contribution in [2.24, 2.45) is 0 Å². The fourth-order valence-electron chi connectivity index (χ4n) is 2.48. The van der Waals surface area contributed by atoms with Crippen LogP contribution in [0.2, 0.25) is 0 Å². The van der Waals surface area contributed by atoms with Crippen molar-refractivity contribution >= 4 is 6.09 Å². The molecule has 0 aromatic rings. The fraction of sp³-hybridized carbons (Fsp3) is 0.667. The van der Waals surface area contributed by atoms with Crippen LogP contribution in [0.4, 0.5) is 4.79 Å². The molecule has 0 N–H and O–H groups in total. The molecule has 0 unspecified atom stereocenters. The van der Waals surface area contributed by atoms with Gasteiger partial charge in [-0.2, -0.15) is 5.26 Å². The number of carbonyl (C=O) groups excluding carboxylic acids is 1. The highest BCUT2D eigenvalue weighted by Gasteiger charge is 2.54. The Hall–Kier alpha value is -1.74. The third kappa shape index (κ3) is 1.91. The van der Waals surface area contributed by atoms with Gasteiger partial charge in [-0.1, -0.05) is 0 Å². The van der Waals surface area contributed by atoms with Crippen LogP contribution >= 0.6 is 0 Å². The van der Waals surface area contributed by atoms with Gasteiger partial charge in [-0.05, 0) is 19.4 Å². The summed E-state index contributed by atoms with van der Waals surface area (Å²) in [5, 5.41) is 8.88. The number of rotatable bonds is 2. The molecular formula is C12H16N2O4. The Morgan fingerprint density at radius 2 is 2.56 bits per heavy atom. The van der Waals surface area contributed by atoms with E-state index in [1.54, 1.807) is 17.9 Å². The minimum atomic E-state index is -0.910. The highest BCUT2D eigenvalue weighted by Crippen LogP contribution is 2.40. The minimum Gasteiger partial charge on any atom is -0.450 e. The van der Waals surface area contributed by atoms with Gasteiger partial charge in [0.2, 0.25) is 5.79 Å². The quantitative estimate of drug-likeness (QED) is 0.742. The third-order valence-electron chi connectivity index (χ3n) is 3.35. The number of hydrogen-bond donors (Lipinski definition) is 0. The molecule has 2 rings (SSSR count). The number of methoxy groups -OCH3 is 1. The summed E-state index contributed by atoms with van der Waals surface area (Å²) in [6.45, 7) is 2.61. The molecule has 0 spiro atoms. The lowest BCUT2D eigenvalue weighted by Gasteiger charge is -2.38. The van der Waals surface area contributed by atoms with Crippen LogP contribution in [-0.4, -0.2) is 43.1 Å². The fourth-order valence-corrected chi connectivity index (χ4v) is 2.48. The Kier molecular flexibility index (Phi) is 3.43. The molecule has 6 heteroatoms. The predicted molar refractivity (Wildman–Crippen MR) is 61.3 cm³/mol. The highest BCUT2D eigenvalue weighted by molar-refractivity contribution is 5.68. The Morgan fingerprint density at radius 3 is 3.17 bits per heavy atom. The van der Waals surface area contributed by atoms with Crippen molar-refractivity contribution in [1.82, 2.24) is 4.90 Å². The Bertz CT molecular complexity index is 415. The second-order valence-corrected chi connectivity index (χ2v) is 4.19. The summed E-state index contributed by atoms with van der Waals surface area (Å²) in [7, 11) is 1.53. The molecule has 0 radical (unpaired) electrons. The third-order valence-corrected chi connectivity index (χ3v) is 3.35. The molecule has 6 nitrogen and oxygen atoms in total. The summed E-state index contributed by atoms with van der Waals surface area (Å²) in [4.78, 5) is 13.4. The monoisotopic (exact) mass is 252 g/mol. The van der Waals surface area contributed by atoms with Crippen LogP contribution < -0.4 is 0 Å². The van der Waals surface area contributed by atoms with Crippen molar-refractivity contribution in [2.75, 3.05) is 20.3 Å². The van der Waals surface area contributed by atoms with E-state index in [2.05, 4.69) is 0 Å². The number of hydrogen-bond acceptors (Lipinski definition) is 5. The van der Waals surface area contributed by atoms with Crippen LogP contribution in [0.1, 0.15) is 19.8 Å².